The van der Waals surface area contributed by atoms with Gasteiger partial charge in [-0.05, 0) is 31.7 Å². The second-order valence-corrected chi connectivity index (χ2v) is 5.23. The van der Waals surface area contributed by atoms with E-state index in [2.05, 4.69) is 53.1 Å². The van der Waals surface area contributed by atoms with Crippen molar-refractivity contribution in [3.8, 4) is 0 Å². The summed E-state index contributed by atoms with van der Waals surface area (Å²) in [6.07, 6.45) is 6.91. The summed E-state index contributed by atoms with van der Waals surface area (Å²) in [6.45, 7) is 5.27. The molecular formula is C16H24N4. The number of aryl methyl sites for hydroxylation is 3. The Morgan fingerprint density at radius 3 is 2.95 bits per heavy atom. The van der Waals surface area contributed by atoms with E-state index in [1.807, 2.05) is 12.4 Å². The summed E-state index contributed by atoms with van der Waals surface area (Å²) in [6, 6.07) is 8.71. The molecule has 0 amide bonds. The van der Waals surface area contributed by atoms with E-state index >= 15 is 0 Å². The van der Waals surface area contributed by atoms with E-state index in [0.29, 0.717) is 0 Å². The van der Waals surface area contributed by atoms with E-state index in [9.17, 15) is 0 Å². The number of aromatic nitrogens is 2. The van der Waals surface area contributed by atoms with Crippen LogP contribution in [-0.4, -0.2) is 9.55 Å². The van der Waals surface area contributed by atoms with Gasteiger partial charge in [0.2, 0.25) is 0 Å². The minimum Gasteiger partial charge on any atom is -0.334 e. The molecule has 4 nitrogen and oxygen atoms in total. The summed E-state index contributed by atoms with van der Waals surface area (Å²) >= 11 is 0. The summed E-state index contributed by atoms with van der Waals surface area (Å²) < 4.78 is 2.18. The molecule has 2 rings (SSSR count). The Morgan fingerprint density at radius 1 is 1.40 bits per heavy atom. The molecule has 3 N–H and O–H groups in total. The number of hydrogen-bond donors (Lipinski definition) is 2. The number of hydrogen-bond acceptors (Lipinski definition) is 3. The quantitative estimate of drug-likeness (QED) is 0.602. The smallest absolute Gasteiger partial charge is 0.127 e. The van der Waals surface area contributed by atoms with Gasteiger partial charge in [0, 0.05) is 18.9 Å². The first-order valence-corrected chi connectivity index (χ1v) is 7.27. The first-order valence-electron chi connectivity index (χ1n) is 7.27. The van der Waals surface area contributed by atoms with Crippen molar-refractivity contribution >= 4 is 0 Å². The van der Waals surface area contributed by atoms with Gasteiger partial charge in [0.1, 0.15) is 5.82 Å². The highest BCUT2D eigenvalue weighted by molar-refractivity contribution is 5.22. The minimum absolute atomic E-state index is 0.0945. The normalized spacial score (nSPS) is 12.6. The molecule has 1 aromatic carbocycles. The van der Waals surface area contributed by atoms with Gasteiger partial charge in [-0.25, -0.2) is 10.4 Å². The molecule has 4 heteroatoms. The zero-order valence-corrected chi connectivity index (χ0v) is 12.3. The van der Waals surface area contributed by atoms with Gasteiger partial charge in [-0.3, -0.25) is 5.84 Å². The molecule has 0 saturated carbocycles. The van der Waals surface area contributed by atoms with Gasteiger partial charge < -0.3 is 4.57 Å². The standard InChI is InChI=1S/C16H24N4/c1-3-10-20-11-9-18-16(20)15(19-17)8-7-14-6-4-5-13(2)12-14/h4-6,9,11-12,15,19H,3,7-8,10,17H2,1-2H3. The summed E-state index contributed by atoms with van der Waals surface area (Å²) in [5, 5.41) is 0. The third-order valence-electron chi connectivity index (χ3n) is 3.53. The molecule has 0 saturated heterocycles. The second-order valence-electron chi connectivity index (χ2n) is 5.23. The number of rotatable bonds is 7. The zero-order chi connectivity index (χ0) is 14.4. The van der Waals surface area contributed by atoms with Crippen LogP contribution in [0.25, 0.3) is 0 Å². The number of nitrogens with one attached hydrogen (secondary N) is 1. The lowest BCUT2D eigenvalue weighted by molar-refractivity contribution is 0.463. The van der Waals surface area contributed by atoms with Crippen LogP contribution < -0.4 is 11.3 Å². The average molecular weight is 272 g/mol. The molecule has 0 aliphatic carbocycles. The average Bonchev–Trinajstić information content (AvgIpc) is 2.89. The topological polar surface area (TPSA) is 55.9 Å². The van der Waals surface area contributed by atoms with E-state index in [1.54, 1.807) is 0 Å². The van der Waals surface area contributed by atoms with E-state index in [4.69, 9.17) is 5.84 Å². The van der Waals surface area contributed by atoms with Gasteiger partial charge in [0.05, 0.1) is 6.04 Å². The van der Waals surface area contributed by atoms with Crippen molar-refractivity contribution in [3.05, 3.63) is 53.6 Å². The van der Waals surface area contributed by atoms with Crippen molar-refractivity contribution in [2.75, 3.05) is 0 Å². The van der Waals surface area contributed by atoms with Crippen molar-refractivity contribution in [2.45, 2.75) is 45.7 Å². The number of hydrazine groups is 1. The van der Waals surface area contributed by atoms with Gasteiger partial charge in [-0.2, -0.15) is 0 Å². The molecule has 2 aromatic rings. The van der Waals surface area contributed by atoms with Crippen LogP contribution in [0.3, 0.4) is 0 Å². The van der Waals surface area contributed by atoms with E-state index in [1.165, 1.54) is 11.1 Å². The highest BCUT2D eigenvalue weighted by Crippen LogP contribution is 2.18. The van der Waals surface area contributed by atoms with Crippen LogP contribution in [0.5, 0.6) is 0 Å². The Morgan fingerprint density at radius 2 is 2.25 bits per heavy atom. The Kier molecular flexibility index (Phi) is 5.32. The van der Waals surface area contributed by atoms with Gasteiger partial charge in [-0.1, -0.05) is 36.8 Å². The van der Waals surface area contributed by atoms with Crippen LogP contribution in [0, 0.1) is 6.92 Å². The van der Waals surface area contributed by atoms with Crippen LogP contribution in [0.15, 0.2) is 36.7 Å². The monoisotopic (exact) mass is 272 g/mol. The van der Waals surface area contributed by atoms with E-state index in [0.717, 1.165) is 31.6 Å². The van der Waals surface area contributed by atoms with E-state index in [-0.39, 0.29) is 6.04 Å². The summed E-state index contributed by atoms with van der Waals surface area (Å²) in [5.41, 5.74) is 5.55. The molecule has 0 aliphatic rings. The molecule has 1 unspecified atom stereocenters. The minimum atomic E-state index is 0.0945. The fourth-order valence-corrected chi connectivity index (χ4v) is 2.53. The predicted molar refractivity (Wildman–Crippen MR) is 82.1 cm³/mol. The maximum absolute atomic E-state index is 5.72. The lowest BCUT2D eigenvalue weighted by Crippen LogP contribution is -2.30. The van der Waals surface area contributed by atoms with Crippen LogP contribution >= 0.6 is 0 Å². The van der Waals surface area contributed by atoms with Crippen LogP contribution in [0.4, 0.5) is 0 Å². The lowest BCUT2D eigenvalue weighted by Gasteiger charge is -2.17. The van der Waals surface area contributed by atoms with Gasteiger partial charge in [0.15, 0.2) is 0 Å². The molecule has 108 valence electrons. The van der Waals surface area contributed by atoms with Crippen molar-refractivity contribution in [2.24, 2.45) is 5.84 Å². The van der Waals surface area contributed by atoms with Crippen LogP contribution in [0.1, 0.15) is 42.8 Å². The van der Waals surface area contributed by atoms with Gasteiger partial charge in [0.25, 0.3) is 0 Å². The molecule has 20 heavy (non-hydrogen) atoms. The number of nitrogens with zero attached hydrogens (tertiary/aromatic N) is 2. The molecule has 1 atom stereocenters. The third kappa shape index (κ3) is 3.68. The SMILES string of the molecule is CCCn1ccnc1C(CCc1cccc(C)c1)NN. The maximum atomic E-state index is 5.72. The Balaban J connectivity index is 2.03. The van der Waals surface area contributed by atoms with Crippen molar-refractivity contribution in [3.63, 3.8) is 0 Å². The molecule has 0 radical (unpaired) electrons. The fraction of sp³-hybridized carbons (Fsp3) is 0.438. The first kappa shape index (κ1) is 14.8. The molecule has 0 bridgehead atoms. The molecule has 1 heterocycles. The molecule has 0 aliphatic heterocycles. The number of nitrogens with two attached hydrogens (primary N) is 1. The summed E-state index contributed by atoms with van der Waals surface area (Å²) in [4.78, 5) is 4.46. The maximum Gasteiger partial charge on any atom is 0.127 e. The Labute approximate surface area is 121 Å². The third-order valence-corrected chi connectivity index (χ3v) is 3.53. The summed E-state index contributed by atoms with van der Waals surface area (Å²) in [7, 11) is 0. The number of benzene rings is 1. The fourth-order valence-electron chi connectivity index (χ4n) is 2.53. The first-order chi connectivity index (χ1) is 9.74. The molecule has 0 spiro atoms. The lowest BCUT2D eigenvalue weighted by atomic mass is 10.0. The van der Waals surface area contributed by atoms with Gasteiger partial charge >= 0.3 is 0 Å². The largest absolute Gasteiger partial charge is 0.334 e. The Bertz CT molecular complexity index is 533. The highest BCUT2D eigenvalue weighted by atomic mass is 15.3. The molecular weight excluding hydrogens is 248 g/mol. The predicted octanol–water partition coefficient (Wildman–Crippen LogP) is 2.74. The molecule has 1 aromatic heterocycles. The van der Waals surface area contributed by atoms with Crippen molar-refractivity contribution < 1.29 is 0 Å². The van der Waals surface area contributed by atoms with Crippen molar-refractivity contribution in [1.82, 2.24) is 15.0 Å². The van der Waals surface area contributed by atoms with Gasteiger partial charge in [-0.15, -0.1) is 0 Å². The number of imidazole rings is 1. The molecule has 0 fully saturated rings. The van der Waals surface area contributed by atoms with E-state index < -0.39 is 0 Å². The van der Waals surface area contributed by atoms with Crippen LogP contribution in [-0.2, 0) is 13.0 Å². The van der Waals surface area contributed by atoms with Crippen LogP contribution in [0.2, 0.25) is 0 Å². The zero-order valence-electron chi connectivity index (χ0n) is 12.3. The highest BCUT2D eigenvalue weighted by Gasteiger charge is 2.15. The summed E-state index contributed by atoms with van der Waals surface area (Å²) in [5.74, 6) is 6.75. The Hall–Kier alpha value is -1.65. The van der Waals surface area contributed by atoms with Crippen molar-refractivity contribution in [1.29, 1.82) is 0 Å². The second kappa shape index (κ2) is 7.22.